The van der Waals surface area contributed by atoms with Gasteiger partial charge in [0.25, 0.3) is 5.91 Å². The lowest BCUT2D eigenvalue weighted by atomic mass is 9.82. The Morgan fingerprint density at radius 1 is 1.02 bits per heavy atom. The van der Waals surface area contributed by atoms with Gasteiger partial charge in [-0.1, -0.05) is 56.5 Å². The number of azide groups is 1. The number of Topliss-reactive ketones (excluding diaryl/α,β-unsaturated/α-hetero) is 1. The molecular weight excluding hydrogens is 668 g/mol. The number of sulfone groups is 1. The highest BCUT2D eigenvalue weighted by Gasteiger charge is 2.57. The standard InChI is InChI=1S/C33H52N8O8S/c1-32(18-36-40-35)16-22-24(49-32)17-41(26(22)29(44)37-23(15-20-11-12-20)27(42)28(34)43)30(45)25(21-9-5-3-6-10-21)38-31(46)39-33(19-50(2,47)48)13-7-4-8-14-33/h20-26H,3-19H2,1-2H3,(H2,34,43)(H,37,44)(H2,38,39,46)/t22-,23?,24?,25-,26-,32-/m0/s1. The van der Waals surface area contributed by atoms with Gasteiger partial charge in [0.1, 0.15) is 21.9 Å². The van der Waals surface area contributed by atoms with E-state index in [0.29, 0.717) is 25.7 Å². The molecule has 0 spiro atoms. The molecule has 50 heavy (non-hydrogen) atoms. The van der Waals surface area contributed by atoms with E-state index in [1.807, 2.05) is 0 Å². The second-order valence-corrected chi connectivity index (χ2v) is 17.8. The van der Waals surface area contributed by atoms with Gasteiger partial charge in [-0.25, -0.2) is 13.2 Å². The SMILES string of the molecule is C[C@@]1(CN=[N+]=[N-])C[C@H]2C(CN(C(=O)[C@@H](NC(=O)NC3(CS(C)(=O)=O)CCCCC3)C3CCCCC3)[C@@H]2C(=O)NC(CC2CC2)C(=O)C(N)=O)O1. The summed E-state index contributed by atoms with van der Waals surface area (Å²) < 4.78 is 31.1. The fourth-order valence-corrected chi connectivity index (χ4v) is 10.2. The minimum atomic E-state index is -3.43. The van der Waals surface area contributed by atoms with Gasteiger partial charge < -0.3 is 31.3 Å². The van der Waals surface area contributed by atoms with Crippen LogP contribution in [0.4, 0.5) is 4.79 Å². The third kappa shape index (κ3) is 9.26. The Morgan fingerprint density at radius 2 is 1.68 bits per heavy atom. The predicted molar refractivity (Wildman–Crippen MR) is 182 cm³/mol. The molecule has 6 atom stereocenters. The molecule has 2 heterocycles. The van der Waals surface area contributed by atoms with Crippen LogP contribution in [0, 0.1) is 17.8 Å². The Hall–Kier alpha value is -3.43. The number of carbonyl (C=O) groups excluding carboxylic acids is 5. The van der Waals surface area contributed by atoms with Crippen LogP contribution in [0.2, 0.25) is 0 Å². The lowest BCUT2D eigenvalue weighted by Crippen LogP contribution is -2.62. The number of hydrogen-bond acceptors (Lipinski definition) is 9. The second-order valence-electron chi connectivity index (χ2n) is 15.7. The van der Waals surface area contributed by atoms with E-state index in [1.54, 1.807) is 6.92 Å². The number of ether oxygens (including phenoxy) is 1. The first kappa shape index (κ1) is 37.8. The van der Waals surface area contributed by atoms with Crippen molar-refractivity contribution in [2.24, 2.45) is 28.6 Å². The molecule has 0 bridgehead atoms. The topological polar surface area (TPSA) is 243 Å². The summed E-state index contributed by atoms with van der Waals surface area (Å²) in [7, 11) is -3.43. The van der Waals surface area contributed by atoms with E-state index < -0.39 is 80.7 Å². The number of nitrogens with one attached hydrogen (secondary N) is 3. The van der Waals surface area contributed by atoms with E-state index in [9.17, 15) is 32.4 Å². The molecule has 16 nitrogen and oxygen atoms in total. The largest absolute Gasteiger partial charge is 0.370 e. The number of ketones is 1. The molecule has 0 radical (unpaired) electrons. The molecule has 2 aliphatic heterocycles. The summed E-state index contributed by atoms with van der Waals surface area (Å²) in [4.78, 5) is 71.7. The first-order chi connectivity index (χ1) is 23.6. The molecule has 3 saturated carbocycles. The molecule has 2 saturated heterocycles. The highest BCUT2D eigenvalue weighted by atomic mass is 32.2. The summed E-state index contributed by atoms with van der Waals surface area (Å²) in [6.07, 6.45) is 10.4. The van der Waals surface area contributed by atoms with Gasteiger partial charge in [0.05, 0.1) is 35.6 Å². The van der Waals surface area contributed by atoms with Gasteiger partial charge in [0, 0.05) is 23.6 Å². The van der Waals surface area contributed by atoms with E-state index in [4.69, 9.17) is 16.0 Å². The molecule has 0 aromatic carbocycles. The minimum absolute atomic E-state index is 0.0188. The third-order valence-electron chi connectivity index (χ3n) is 11.3. The molecule has 5 N–H and O–H groups in total. The zero-order chi connectivity index (χ0) is 36.3. The highest BCUT2D eigenvalue weighted by Crippen LogP contribution is 2.44. The summed E-state index contributed by atoms with van der Waals surface area (Å²) in [6, 6.07) is -3.88. The Kier molecular flexibility index (Phi) is 11.7. The van der Waals surface area contributed by atoms with E-state index in [0.717, 1.165) is 57.6 Å². The van der Waals surface area contributed by atoms with Gasteiger partial charge in [-0.2, -0.15) is 0 Å². The quantitative estimate of drug-likeness (QED) is 0.0893. The third-order valence-corrected chi connectivity index (χ3v) is 12.3. The molecule has 3 aliphatic carbocycles. The summed E-state index contributed by atoms with van der Waals surface area (Å²) >= 11 is 0. The Morgan fingerprint density at radius 3 is 2.28 bits per heavy atom. The Labute approximate surface area is 293 Å². The summed E-state index contributed by atoms with van der Waals surface area (Å²) in [5, 5.41) is 12.3. The summed E-state index contributed by atoms with van der Waals surface area (Å²) in [5.41, 5.74) is 12.5. The van der Waals surface area contributed by atoms with Crippen molar-refractivity contribution in [3.05, 3.63) is 10.4 Å². The molecule has 0 aromatic rings. The van der Waals surface area contributed by atoms with Crippen LogP contribution in [0.15, 0.2) is 5.11 Å². The van der Waals surface area contributed by atoms with Crippen LogP contribution in [0.5, 0.6) is 0 Å². The molecule has 5 rings (SSSR count). The molecule has 2 unspecified atom stereocenters. The zero-order valence-corrected chi connectivity index (χ0v) is 29.9. The van der Waals surface area contributed by atoms with Crippen LogP contribution >= 0.6 is 0 Å². The second kappa shape index (κ2) is 15.4. The first-order valence-electron chi connectivity index (χ1n) is 18.0. The molecule has 5 fully saturated rings. The van der Waals surface area contributed by atoms with Crippen LogP contribution in [-0.4, -0.2) is 103 Å². The highest BCUT2D eigenvalue weighted by molar-refractivity contribution is 7.90. The smallest absolute Gasteiger partial charge is 0.315 e. The van der Waals surface area contributed by atoms with Crippen molar-refractivity contribution in [1.29, 1.82) is 0 Å². The number of fused-ring (bicyclic) bond motifs is 1. The number of nitrogens with two attached hydrogens (primary N) is 1. The van der Waals surface area contributed by atoms with Gasteiger partial charge in [-0.15, -0.1) is 0 Å². The van der Waals surface area contributed by atoms with E-state index >= 15 is 0 Å². The Balaban J connectivity index is 1.42. The Bertz CT molecular complexity index is 1490. The van der Waals surface area contributed by atoms with Gasteiger partial charge in [-0.05, 0) is 62.8 Å². The first-order valence-corrected chi connectivity index (χ1v) is 20.1. The van der Waals surface area contributed by atoms with Gasteiger partial charge in [0.15, 0.2) is 0 Å². The molecule has 0 aromatic heterocycles. The number of hydrogen-bond donors (Lipinski definition) is 4. The van der Waals surface area contributed by atoms with Crippen LogP contribution in [-0.2, 0) is 33.8 Å². The van der Waals surface area contributed by atoms with Crippen molar-refractivity contribution in [1.82, 2.24) is 20.9 Å². The summed E-state index contributed by atoms with van der Waals surface area (Å²) in [5.74, 6) is -3.93. The average molecular weight is 721 g/mol. The maximum atomic E-state index is 14.7. The van der Waals surface area contributed by atoms with Crippen LogP contribution < -0.4 is 21.7 Å². The van der Waals surface area contributed by atoms with E-state index in [2.05, 4.69) is 26.0 Å². The van der Waals surface area contributed by atoms with Crippen LogP contribution in [0.3, 0.4) is 0 Å². The van der Waals surface area contributed by atoms with Gasteiger partial charge in [-0.3, -0.25) is 19.2 Å². The van der Waals surface area contributed by atoms with Crippen LogP contribution in [0.25, 0.3) is 10.4 Å². The normalized spacial score (nSPS) is 29.2. The fourth-order valence-electron chi connectivity index (χ4n) is 8.83. The molecule has 278 valence electrons. The number of primary amides is 1. The molecule has 5 amide bonds. The summed E-state index contributed by atoms with van der Waals surface area (Å²) in [6.45, 7) is 1.82. The maximum Gasteiger partial charge on any atom is 0.315 e. The fraction of sp³-hybridized carbons (Fsp3) is 0.848. The molecule has 17 heteroatoms. The van der Waals surface area contributed by atoms with Gasteiger partial charge in [0.2, 0.25) is 17.6 Å². The number of likely N-dealkylation sites (tertiary alicyclic amines) is 1. The lowest BCUT2D eigenvalue weighted by molar-refractivity contribution is -0.144. The number of nitrogens with zero attached hydrogens (tertiary/aromatic N) is 4. The van der Waals surface area contributed by atoms with Crippen molar-refractivity contribution in [2.45, 2.75) is 132 Å². The number of carbonyl (C=O) groups is 5. The zero-order valence-electron chi connectivity index (χ0n) is 29.1. The number of urea groups is 1. The minimum Gasteiger partial charge on any atom is -0.370 e. The number of rotatable bonds is 14. The monoisotopic (exact) mass is 720 g/mol. The van der Waals surface area contributed by atoms with Crippen molar-refractivity contribution >= 4 is 39.4 Å². The van der Waals surface area contributed by atoms with Crippen molar-refractivity contribution in [2.75, 3.05) is 25.1 Å². The van der Waals surface area contributed by atoms with Crippen molar-refractivity contribution < 1.29 is 37.1 Å². The number of amides is 5. The molecular formula is C33H52N8O8S. The predicted octanol–water partition coefficient (Wildman–Crippen LogP) is 2.01. The van der Waals surface area contributed by atoms with Crippen molar-refractivity contribution in [3.8, 4) is 0 Å². The molecule has 5 aliphatic rings. The van der Waals surface area contributed by atoms with Gasteiger partial charge >= 0.3 is 6.03 Å². The van der Waals surface area contributed by atoms with E-state index in [-0.39, 0.29) is 43.5 Å². The lowest BCUT2D eigenvalue weighted by Gasteiger charge is -2.39. The maximum absolute atomic E-state index is 14.7. The van der Waals surface area contributed by atoms with E-state index in [1.165, 1.54) is 4.90 Å². The average Bonchev–Trinajstić information content (AvgIpc) is 3.72. The van der Waals surface area contributed by atoms with Crippen molar-refractivity contribution in [3.63, 3.8) is 0 Å². The van der Waals surface area contributed by atoms with Crippen LogP contribution in [0.1, 0.15) is 96.8 Å².